The molecule has 710 valence electrons. The Hall–Kier alpha value is -9.15. The molecule has 5 unspecified atom stereocenters. The van der Waals surface area contributed by atoms with Crippen molar-refractivity contribution in [3.63, 3.8) is 0 Å². The minimum Gasteiger partial charge on any atom is -0.450 e. The smallest absolute Gasteiger partial charge is 0.344 e. The van der Waals surface area contributed by atoms with E-state index in [9.17, 15) is 25.3 Å². The standard InChI is InChI=1S/5C22H31NO3/c5*1-3-23(4-2)17-11-12-18-26-21(24)22(25,19-13-7-5-8-14-19)20-15-9-6-10-16-20/h5*5,7-8,13-14,20,25H,3-4,6,9-10,15-18H2,1-2H3/i1D3,2D3,5D,6D2,7D,8D,9D2,10D2,13D,14D,15D2,16D2,18D2,20D,25D;3D2,4D2,6D2,9D2,10D2,15D2,16D2,18D2,20D,25D;1D3,2D3,6D2,9D2,10D2,15D2,16D2,18D2,20D,25D;1D3,2D3,5D,7D,8D,13D,14D,18D2,25D;3D2,4D2,18D2,25D. The summed E-state index contributed by atoms with van der Waals surface area (Å²) in [5, 5.41) is 23.5. The van der Waals surface area contributed by atoms with Crippen molar-refractivity contribution < 1.29 is 181 Å². The lowest BCUT2D eigenvalue weighted by Crippen LogP contribution is -2.45. The van der Waals surface area contributed by atoms with Crippen LogP contribution in [0, 0.1) is 88.7 Å². The second-order valence-corrected chi connectivity index (χ2v) is 26.8. The van der Waals surface area contributed by atoms with Crippen molar-refractivity contribution in [3.05, 3.63) is 179 Å². The molecule has 0 aromatic heterocycles. The van der Waals surface area contributed by atoms with Gasteiger partial charge in [0.25, 0.3) is 0 Å². The van der Waals surface area contributed by atoms with E-state index in [1.165, 1.54) is 26.0 Å². The third-order valence-electron chi connectivity index (χ3n) is 18.9. The summed E-state index contributed by atoms with van der Waals surface area (Å²) in [5.41, 5.74) is -20.3. The molecule has 5 aliphatic carbocycles. The number of ether oxygens (including phenoxy) is 5. The maximum absolute atomic E-state index is 14.2. The quantitative estimate of drug-likeness (QED) is 0.0139. The van der Waals surface area contributed by atoms with Crippen LogP contribution in [0.15, 0.2) is 151 Å². The van der Waals surface area contributed by atoms with Crippen molar-refractivity contribution in [1.29, 1.82) is 7.16 Å². The molecule has 20 nitrogen and oxygen atoms in total. The summed E-state index contributed by atoms with van der Waals surface area (Å²) >= 11 is 0. The van der Waals surface area contributed by atoms with E-state index >= 15 is 0 Å². The molecule has 5 fully saturated rings. The molecule has 20 heteroatoms. The van der Waals surface area contributed by atoms with Crippen LogP contribution < -0.4 is 0 Å². The Morgan fingerprint density at radius 1 is 0.338 bits per heavy atom. The number of nitrogens with zero attached hydrogens (tertiary/aromatic N) is 5. The Bertz CT molecular complexity index is 8190. The summed E-state index contributed by atoms with van der Waals surface area (Å²) in [6, 6.07) is 8.14. The number of carbonyl (C=O) groups is 5. The zero-order valence-electron chi connectivity index (χ0n) is 155. The normalized spacial score (nSPS) is 34.8. The van der Waals surface area contributed by atoms with Crippen LogP contribution in [0.5, 0.6) is 0 Å². The first-order valence-electron chi connectivity index (χ1n) is 81.1. The summed E-state index contributed by atoms with van der Waals surface area (Å²) in [4.78, 5) is 73.0. The average Bonchev–Trinajstić information content (AvgIpc) is 0.648. The first-order valence-corrected chi connectivity index (χ1v) is 39.5. The first kappa shape index (κ1) is 39.4. The minimum atomic E-state index is -4.79. The zero-order valence-corrected chi connectivity index (χ0v) is 71.0. The van der Waals surface area contributed by atoms with Crippen LogP contribution >= 0.6 is 0 Å². The van der Waals surface area contributed by atoms with Crippen LogP contribution in [0.25, 0.3) is 0 Å². The number of rotatable bonds is 40. The monoisotopic (exact) mass is 1870 g/mol. The van der Waals surface area contributed by atoms with Crippen molar-refractivity contribution in [3.8, 4) is 59.2 Å². The highest BCUT2D eigenvalue weighted by Gasteiger charge is 2.52. The Kier molecular flexibility index (Phi) is 18.7. The molecule has 5 atom stereocenters. The van der Waals surface area contributed by atoms with Gasteiger partial charge in [-0.3, -0.25) is 24.5 Å². The van der Waals surface area contributed by atoms with Crippen LogP contribution in [0.1, 0.15) is 365 Å². The van der Waals surface area contributed by atoms with Crippen molar-refractivity contribution in [1.82, 2.24) is 24.5 Å². The fourth-order valence-electron chi connectivity index (χ4n) is 11.9. The van der Waals surface area contributed by atoms with Gasteiger partial charge in [-0.05, 0) is 157 Å². The SMILES string of the molecule is [2H]OC(C(=O)OC([2H])([2H])C#CCN(C([2H])([2H])C)C([2H])([2H])C)(c1ccccc1)C1([2H])C([2H])([2H])C([2H])([2H])C([2H])([2H])C([2H])([2H])C1([2H])[2H].[2H]OC(C(=O)OC([2H])([2H])C#CCN(C([2H])([2H])C)C([2H])([2H])C)(c1ccccc1)C1CCCCC1.[2H]OC(C(=O)OC([2H])([2H])C#CCN(CC([2H])([2H])[2H])CC([2H])([2H])[2H])(c1c([2H])c([2H])c([2H])c([2H])c1[2H])C1([2H])C([2H])([2H])C([2H])([2H])C([2H])([2H])C([2H])([2H])C1([2H])[2H].[2H]OC(C(=O)OC([2H])([2H])C#CCN(CC([2H])([2H])[2H])CC([2H])([2H])[2H])(c1c([2H])c([2H])c([2H])c([2H])c1[2H])C1CCCCC1.[2H]OC(C(=O)OC([2H])([2H])C#CCN(CC([2H])([2H])[2H])CC([2H])([2H])[2H])(c1ccccc1)C1([2H])C([2H])([2H])C([2H])([2H])C([2H])([2H])C([2H])([2H])C1([2H])[2H]. The fourth-order valence-corrected chi connectivity index (χ4v) is 11.9. The molecule has 0 heterocycles. The van der Waals surface area contributed by atoms with Crippen LogP contribution in [-0.2, 0) is 75.7 Å². The van der Waals surface area contributed by atoms with Crippen molar-refractivity contribution in [2.45, 2.75) is 257 Å². The van der Waals surface area contributed by atoms with Crippen molar-refractivity contribution in [2.24, 2.45) is 29.5 Å². The predicted octanol–water partition coefficient (Wildman–Crippen LogP) is 16.7. The molecule has 10 rings (SSSR count). The highest BCUT2D eigenvalue weighted by molar-refractivity contribution is 5.84. The third-order valence-corrected chi connectivity index (χ3v) is 18.9. The van der Waals surface area contributed by atoms with Gasteiger partial charge >= 0.3 is 29.8 Å². The average molecular weight is 1870 g/mol. The number of aliphatic hydroxyl groups is 5. The first-order chi connectivity index (χ1) is 95.6. The van der Waals surface area contributed by atoms with Gasteiger partial charge in [-0.15, -0.1) is 0 Å². The Labute approximate surface area is 898 Å². The van der Waals surface area contributed by atoms with Crippen LogP contribution in [0.2, 0.25) is 0 Å². The van der Waals surface area contributed by atoms with E-state index in [0.717, 1.165) is 108 Å². The molecule has 0 amide bonds. The lowest BCUT2D eigenvalue weighted by Gasteiger charge is -2.36. The van der Waals surface area contributed by atoms with E-state index < -0.39 is 432 Å². The molecule has 0 spiro atoms. The van der Waals surface area contributed by atoms with E-state index in [-0.39, 0.29) is 18.8 Å². The van der Waals surface area contributed by atoms with Crippen molar-refractivity contribution >= 4 is 29.8 Å². The largest absolute Gasteiger partial charge is 0.450 e. The number of esters is 5. The van der Waals surface area contributed by atoms with Gasteiger partial charge in [0.15, 0.2) is 60.8 Å². The van der Waals surface area contributed by atoms with E-state index in [1.54, 1.807) is 48.1 Å². The summed E-state index contributed by atoms with van der Waals surface area (Å²) in [5.74, 6) is -3.99. The molecular formula is C110H155N5O15. The molecule has 5 saturated carbocycles. The summed E-state index contributed by atoms with van der Waals surface area (Å²) in [6.07, 6.45) is -57.0. The van der Waals surface area contributed by atoms with Gasteiger partial charge in [0, 0.05) is 110 Å². The van der Waals surface area contributed by atoms with Gasteiger partial charge in [-0.25, -0.2) is 24.0 Å². The van der Waals surface area contributed by atoms with Gasteiger partial charge in [-0.1, -0.05) is 375 Å². The van der Waals surface area contributed by atoms with Crippen LogP contribution in [0.4, 0.5) is 0 Å². The van der Waals surface area contributed by atoms with E-state index in [2.05, 4.69) is 49.7 Å². The van der Waals surface area contributed by atoms with E-state index in [1.807, 2.05) is 11.8 Å². The van der Waals surface area contributed by atoms with E-state index in [4.69, 9.17) is 143 Å². The zero-order chi connectivity index (χ0) is 167. The summed E-state index contributed by atoms with van der Waals surface area (Å²) in [7, 11) is 0. The second kappa shape index (κ2) is 61.5. The van der Waals surface area contributed by atoms with Gasteiger partial charge in [0.2, 0.25) is 7.16 Å². The van der Waals surface area contributed by atoms with Gasteiger partial charge in [-0.2, -0.15) is 0 Å². The maximum Gasteiger partial charge on any atom is 0.344 e. The Balaban J connectivity index is 0.000000403. The van der Waals surface area contributed by atoms with Crippen LogP contribution in [-0.4, -0.2) is 218 Å². The Morgan fingerprint density at radius 3 is 0.823 bits per heavy atom. The number of hydrogen-bond donors (Lipinski definition) is 5. The topological polar surface area (TPSA) is 249 Å². The lowest BCUT2D eigenvalue weighted by molar-refractivity contribution is -0.174. The third kappa shape index (κ3) is 33.8. The fraction of sp³-hybridized carbons (Fsp3) is 0.591. The highest BCUT2D eigenvalue weighted by atomic mass is 16.6. The molecule has 130 heavy (non-hydrogen) atoms. The van der Waals surface area contributed by atoms with Gasteiger partial charge < -0.3 is 49.2 Å². The molecule has 0 bridgehead atoms. The lowest BCUT2D eigenvalue weighted by atomic mass is 9.73. The molecule has 0 aliphatic heterocycles. The summed E-state index contributed by atoms with van der Waals surface area (Å²) in [6.45, 7) is -44.4. The molecule has 5 N–H and O–H groups in total. The molecule has 5 aromatic carbocycles. The molecule has 5 aromatic rings. The number of benzene rings is 5. The predicted molar refractivity (Wildman–Crippen MR) is 517 cm³/mol. The maximum atomic E-state index is 14.2. The van der Waals surface area contributed by atoms with E-state index in [0.29, 0.717) is 36.1 Å². The molecule has 0 saturated heterocycles. The second-order valence-electron chi connectivity index (χ2n) is 26.8. The van der Waals surface area contributed by atoms with Crippen LogP contribution in [0.3, 0.4) is 0 Å². The van der Waals surface area contributed by atoms with Crippen molar-refractivity contribution in [2.75, 3.05) is 131 Å². The van der Waals surface area contributed by atoms with Gasteiger partial charge in [0.05, 0.1) is 60.1 Å². The van der Waals surface area contributed by atoms with Gasteiger partial charge in [0.1, 0.15) is 0 Å². The number of carbonyl (C=O) groups excluding carboxylic acids is 5. The highest BCUT2D eigenvalue weighted by Crippen LogP contribution is 2.46. The minimum absolute atomic E-state index is 0.268. The molecule has 0 radical (unpaired) electrons. The molecular weight excluding hydrogens is 1630 g/mol. The summed E-state index contributed by atoms with van der Waals surface area (Å²) < 4.78 is 699. The molecule has 5 aliphatic rings. The number of hydrogen-bond acceptors (Lipinski definition) is 20. The Morgan fingerprint density at radius 2 is 0.569 bits per heavy atom.